The molecular weight excluding hydrogens is 488 g/mol. The standard InChI is InChI=1S/C29H23ClN4O3/c1-15(2)24-22-23(27(37)33(26(22)36)17-9-7-8-16(30)14-17)29(32-24)19-11-4-6-13-21(19)34-25(35)18-10-3-5-12-20(18)31-28(29)34/h3-15,22-24,32H,1-2H3/t22-,23-,24-,29+/m1/s1. The second kappa shape index (κ2) is 7.60. The summed E-state index contributed by atoms with van der Waals surface area (Å²) < 4.78 is 1.62. The van der Waals surface area contributed by atoms with E-state index in [0.29, 0.717) is 33.1 Å². The van der Waals surface area contributed by atoms with Crippen molar-refractivity contribution in [2.24, 2.45) is 17.8 Å². The molecule has 2 amide bonds. The van der Waals surface area contributed by atoms with Gasteiger partial charge < -0.3 is 0 Å². The number of halogens is 1. The molecule has 0 unspecified atom stereocenters. The number of aromatic nitrogens is 2. The zero-order valence-corrected chi connectivity index (χ0v) is 20.9. The lowest BCUT2D eigenvalue weighted by molar-refractivity contribution is -0.123. The fourth-order valence-corrected chi connectivity index (χ4v) is 6.78. The Morgan fingerprint density at radius 1 is 0.946 bits per heavy atom. The zero-order valence-electron chi connectivity index (χ0n) is 20.2. The van der Waals surface area contributed by atoms with Crippen LogP contribution in [-0.2, 0) is 15.1 Å². The Bertz CT molecular complexity index is 1710. The van der Waals surface area contributed by atoms with E-state index in [4.69, 9.17) is 16.6 Å². The van der Waals surface area contributed by atoms with Gasteiger partial charge in [0.2, 0.25) is 11.8 Å². The molecule has 2 fully saturated rings. The van der Waals surface area contributed by atoms with Crippen LogP contribution < -0.4 is 15.8 Å². The minimum Gasteiger partial charge on any atom is -0.296 e. The van der Waals surface area contributed by atoms with Crippen LogP contribution in [0.5, 0.6) is 0 Å². The maximum absolute atomic E-state index is 14.3. The van der Waals surface area contributed by atoms with Gasteiger partial charge in [-0.15, -0.1) is 0 Å². The Kier molecular flexibility index (Phi) is 4.60. The number of para-hydroxylation sites is 2. The van der Waals surface area contributed by atoms with E-state index in [9.17, 15) is 14.4 Å². The highest BCUT2D eigenvalue weighted by atomic mass is 35.5. The molecule has 2 saturated heterocycles. The molecule has 0 saturated carbocycles. The first-order valence-corrected chi connectivity index (χ1v) is 12.8. The summed E-state index contributed by atoms with van der Waals surface area (Å²) in [6.45, 7) is 4.07. The summed E-state index contributed by atoms with van der Waals surface area (Å²) in [6.07, 6.45) is 0. The Morgan fingerprint density at radius 2 is 1.70 bits per heavy atom. The molecule has 1 N–H and O–H groups in total. The van der Waals surface area contributed by atoms with Crippen LogP contribution in [0.1, 0.15) is 25.2 Å². The molecule has 8 heteroatoms. The highest BCUT2D eigenvalue weighted by Crippen LogP contribution is 2.56. The molecule has 0 aliphatic carbocycles. The van der Waals surface area contributed by atoms with Crippen LogP contribution in [-0.4, -0.2) is 27.4 Å². The number of nitrogens with zero attached hydrogens (tertiary/aromatic N) is 3. The predicted octanol–water partition coefficient (Wildman–Crippen LogP) is 4.03. The molecule has 0 bridgehead atoms. The highest BCUT2D eigenvalue weighted by molar-refractivity contribution is 6.31. The number of benzene rings is 3. The van der Waals surface area contributed by atoms with E-state index in [2.05, 4.69) is 5.32 Å². The van der Waals surface area contributed by atoms with Crippen molar-refractivity contribution in [3.05, 3.63) is 99.6 Å². The van der Waals surface area contributed by atoms with Gasteiger partial charge in [-0.3, -0.25) is 24.3 Å². The number of anilines is 1. The molecular formula is C29H23ClN4O3. The predicted molar refractivity (Wildman–Crippen MR) is 141 cm³/mol. The van der Waals surface area contributed by atoms with Gasteiger partial charge in [0.05, 0.1) is 34.1 Å². The maximum atomic E-state index is 14.3. The van der Waals surface area contributed by atoms with Gasteiger partial charge in [-0.2, -0.15) is 0 Å². The highest BCUT2D eigenvalue weighted by Gasteiger charge is 2.70. The number of imide groups is 1. The number of amides is 2. The summed E-state index contributed by atoms with van der Waals surface area (Å²) in [5.41, 5.74) is 1.13. The van der Waals surface area contributed by atoms with Crippen molar-refractivity contribution in [1.29, 1.82) is 0 Å². The summed E-state index contributed by atoms with van der Waals surface area (Å²) in [4.78, 5) is 48.4. The quantitative estimate of drug-likeness (QED) is 0.412. The van der Waals surface area contributed by atoms with Crippen LogP contribution in [0.25, 0.3) is 16.6 Å². The third kappa shape index (κ3) is 2.76. The van der Waals surface area contributed by atoms with E-state index >= 15 is 0 Å². The zero-order chi connectivity index (χ0) is 25.6. The van der Waals surface area contributed by atoms with E-state index in [1.165, 1.54) is 4.90 Å². The molecule has 0 radical (unpaired) electrons. The average Bonchev–Trinajstić information content (AvgIpc) is 3.48. The maximum Gasteiger partial charge on any atom is 0.266 e. The van der Waals surface area contributed by atoms with Gasteiger partial charge in [0.25, 0.3) is 5.56 Å². The minimum absolute atomic E-state index is 0.0383. The molecule has 3 aromatic carbocycles. The van der Waals surface area contributed by atoms with Gasteiger partial charge in [0, 0.05) is 16.6 Å². The molecule has 4 aromatic rings. The smallest absolute Gasteiger partial charge is 0.266 e. The molecule has 4 atom stereocenters. The van der Waals surface area contributed by atoms with Crippen LogP contribution in [0.15, 0.2) is 77.6 Å². The van der Waals surface area contributed by atoms with E-state index in [1.54, 1.807) is 41.0 Å². The fourth-order valence-electron chi connectivity index (χ4n) is 6.59. The number of nitrogens with one attached hydrogen (secondary N) is 1. The second-order valence-electron chi connectivity index (χ2n) is 10.3. The molecule has 1 spiro atoms. The Balaban J connectivity index is 1.54. The molecule has 1 aromatic heterocycles. The van der Waals surface area contributed by atoms with E-state index < -0.39 is 17.4 Å². The van der Waals surface area contributed by atoms with Crippen molar-refractivity contribution in [3.63, 3.8) is 0 Å². The molecule has 37 heavy (non-hydrogen) atoms. The Hall–Kier alpha value is -3.81. The molecule has 3 aliphatic rings. The molecule has 7 rings (SSSR count). The molecule has 184 valence electrons. The van der Waals surface area contributed by atoms with Gasteiger partial charge in [-0.25, -0.2) is 9.88 Å². The van der Waals surface area contributed by atoms with Crippen molar-refractivity contribution in [3.8, 4) is 5.69 Å². The van der Waals surface area contributed by atoms with Crippen molar-refractivity contribution >= 4 is 40.0 Å². The van der Waals surface area contributed by atoms with Gasteiger partial charge in [-0.05, 0) is 42.3 Å². The summed E-state index contributed by atoms with van der Waals surface area (Å²) in [5, 5.41) is 4.65. The minimum atomic E-state index is -1.14. The van der Waals surface area contributed by atoms with Crippen LogP contribution in [0, 0.1) is 17.8 Å². The SMILES string of the molecule is CC(C)[C@H]1N[C@@]2(c3ccccc3-n3c2nc2ccccc2c3=O)[C@H]2C(=O)N(c3cccc(Cl)c3)C(=O)[C@@H]12. The monoisotopic (exact) mass is 510 g/mol. The number of hydrogen-bond donors (Lipinski definition) is 1. The normalized spacial score (nSPS) is 25.8. The molecule has 7 nitrogen and oxygen atoms in total. The van der Waals surface area contributed by atoms with Crippen molar-refractivity contribution in [1.82, 2.24) is 14.9 Å². The topological polar surface area (TPSA) is 84.3 Å². The van der Waals surface area contributed by atoms with Crippen molar-refractivity contribution in [2.75, 3.05) is 4.90 Å². The van der Waals surface area contributed by atoms with Crippen LogP contribution in [0.3, 0.4) is 0 Å². The first-order chi connectivity index (χ1) is 17.8. The summed E-state index contributed by atoms with van der Waals surface area (Å²) in [6, 6.07) is 21.3. The lowest BCUT2D eigenvalue weighted by Gasteiger charge is -2.32. The molecule has 4 heterocycles. The van der Waals surface area contributed by atoms with Crippen LogP contribution in [0.4, 0.5) is 5.69 Å². The average molecular weight is 511 g/mol. The van der Waals surface area contributed by atoms with Crippen molar-refractivity contribution < 1.29 is 9.59 Å². The fraction of sp³-hybridized carbons (Fsp3) is 0.241. The first-order valence-electron chi connectivity index (χ1n) is 12.4. The Labute approximate surface area is 217 Å². The summed E-state index contributed by atoms with van der Waals surface area (Å²) >= 11 is 6.24. The lowest BCUT2D eigenvalue weighted by atomic mass is 9.75. The van der Waals surface area contributed by atoms with Gasteiger partial charge in [0.15, 0.2) is 0 Å². The van der Waals surface area contributed by atoms with Gasteiger partial charge in [0.1, 0.15) is 11.4 Å². The number of fused-ring (bicyclic) bond motifs is 8. The largest absolute Gasteiger partial charge is 0.296 e. The number of carbonyl (C=O) groups is 2. The van der Waals surface area contributed by atoms with Crippen LogP contribution >= 0.6 is 11.6 Å². The number of rotatable bonds is 2. The third-order valence-electron chi connectivity index (χ3n) is 8.08. The molecule has 3 aliphatic heterocycles. The van der Waals surface area contributed by atoms with Gasteiger partial charge in [-0.1, -0.05) is 61.8 Å². The van der Waals surface area contributed by atoms with Crippen LogP contribution in [0.2, 0.25) is 5.02 Å². The van der Waals surface area contributed by atoms with E-state index in [0.717, 1.165) is 5.56 Å². The third-order valence-corrected chi connectivity index (χ3v) is 8.32. The summed E-state index contributed by atoms with van der Waals surface area (Å²) in [5.74, 6) is -1.51. The van der Waals surface area contributed by atoms with Gasteiger partial charge >= 0.3 is 0 Å². The van der Waals surface area contributed by atoms with E-state index in [-0.39, 0.29) is 29.3 Å². The number of hydrogen-bond acceptors (Lipinski definition) is 5. The van der Waals surface area contributed by atoms with E-state index in [1.807, 2.05) is 50.2 Å². The second-order valence-corrected chi connectivity index (χ2v) is 10.8. The summed E-state index contributed by atoms with van der Waals surface area (Å²) in [7, 11) is 0. The lowest BCUT2D eigenvalue weighted by Crippen LogP contribution is -2.51. The Morgan fingerprint density at radius 3 is 2.49 bits per heavy atom. The van der Waals surface area contributed by atoms with Crippen molar-refractivity contribution in [2.45, 2.75) is 25.4 Å². The number of carbonyl (C=O) groups excluding carboxylic acids is 2. The first kappa shape index (κ1) is 22.4.